The number of aromatic nitrogens is 2. The highest BCUT2D eigenvalue weighted by atomic mass is 32.2. The number of aryl methyl sites for hydroxylation is 1. The smallest absolute Gasteiger partial charge is 0.245 e. The third-order valence-electron chi connectivity index (χ3n) is 7.22. The number of hydrogen-bond acceptors (Lipinski definition) is 7. The average molecular weight is 512 g/mol. The number of aromatic amines is 1. The van der Waals surface area contributed by atoms with Gasteiger partial charge in [0.25, 0.3) is 0 Å². The van der Waals surface area contributed by atoms with Gasteiger partial charge in [0.15, 0.2) is 0 Å². The Morgan fingerprint density at radius 3 is 2.86 bits per heavy atom. The summed E-state index contributed by atoms with van der Waals surface area (Å²) >= 11 is 0. The Morgan fingerprint density at radius 1 is 1.19 bits per heavy atom. The fraction of sp³-hybridized carbons (Fsp3) is 0.440. The monoisotopic (exact) mass is 511 g/mol. The molecule has 1 amide bonds. The fourth-order valence-electron chi connectivity index (χ4n) is 5.23. The lowest BCUT2D eigenvalue weighted by atomic mass is 9.98. The van der Waals surface area contributed by atoms with Gasteiger partial charge in [-0.2, -0.15) is 9.40 Å². The van der Waals surface area contributed by atoms with Crippen molar-refractivity contribution in [3.63, 3.8) is 0 Å². The van der Waals surface area contributed by atoms with Crippen molar-refractivity contribution in [1.82, 2.24) is 14.5 Å². The number of benzene rings is 2. The number of piperidine rings is 1. The summed E-state index contributed by atoms with van der Waals surface area (Å²) in [7, 11) is -3.80. The van der Waals surface area contributed by atoms with E-state index in [1.54, 1.807) is 12.3 Å². The summed E-state index contributed by atoms with van der Waals surface area (Å²) in [4.78, 5) is 15.7. The number of H-pyrrole nitrogens is 1. The van der Waals surface area contributed by atoms with Crippen molar-refractivity contribution in [2.24, 2.45) is 5.92 Å². The van der Waals surface area contributed by atoms with Crippen LogP contribution in [0.1, 0.15) is 18.4 Å². The molecule has 2 N–H and O–H groups in total. The number of nitrogens with zero attached hydrogens (tertiary/aromatic N) is 3. The molecule has 190 valence electrons. The molecule has 3 aromatic rings. The molecule has 2 fully saturated rings. The molecule has 0 radical (unpaired) electrons. The van der Waals surface area contributed by atoms with Crippen LogP contribution in [-0.4, -0.2) is 74.3 Å². The Morgan fingerprint density at radius 2 is 2.06 bits per heavy atom. The summed E-state index contributed by atoms with van der Waals surface area (Å²) in [5.74, 6) is 0.101. The molecule has 0 aliphatic carbocycles. The first-order chi connectivity index (χ1) is 17.4. The fourth-order valence-corrected chi connectivity index (χ4v) is 7.01. The molecule has 3 aliphatic heterocycles. The predicted octanol–water partition coefficient (Wildman–Crippen LogP) is 2.51. The number of rotatable bonds is 5. The maximum Gasteiger partial charge on any atom is 0.245 e. The molecule has 2 aromatic carbocycles. The van der Waals surface area contributed by atoms with Gasteiger partial charge >= 0.3 is 0 Å². The van der Waals surface area contributed by atoms with Crippen molar-refractivity contribution in [1.29, 1.82) is 0 Å². The maximum atomic E-state index is 13.6. The van der Waals surface area contributed by atoms with Crippen LogP contribution in [0.25, 0.3) is 10.9 Å². The highest BCUT2D eigenvalue weighted by molar-refractivity contribution is 7.89. The minimum Gasteiger partial charge on any atom is -0.489 e. The molecule has 11 heteroatoms. The van der Waals surface area contributed by atoms with Crippen molar-refractivity contribution in [2.45, 2.75) is 30.7 Å². The van der Waals surface area contributed by atoms with Crippen molar-refractivity contribution in [2.75, 3.05) is 49.7 Å². The van der Waals surface area contributed by atoms with Crippen LogP contribution in [0.2, 0.25) is 0 Å². The topological polar surface area (TPSA) is 117 Å². The number of carbonyl (C=O) groups is 1. The second-order valence-electron chi connectivity index (χ2n) is 9.70. The molecule has 0 unspecified atom stereocenters. The van der Waals surface area contributed by atoms with Gasteiger partial charge in [-0.15, -0.1) is 0 Å². The molecule has 10 nitrogen and oxygen atoms in total. The largest absolute Gasteiger partial charge is 0.489 e. The lowest BCUT2D eigenvalue weighted by Crippen LogP contribution is -2.52. The van der Waals surface area contributed by atoms with E-state index in [9.17, 15) is 13.2 Å². The first-order valence-electron chi connectivity index (χ1n) is 12.3. The van der Waals surface area contributed by atoms with Crippen LogP contribution in [0.15, 0.2) is 41.4 Å². The molecule has 2 saturated heterocycles. The number of hydrogen-bond donors (Lipinski definition) is 2. The zero-order chi connectivity index (χ0) is 24.9. The Bertz CT molecular complexity index is 1420. The number of sulfonamides is 1. The van der Waals surface area contributed by atoms with Crippen LogP contribution in [0, 0.1) is 12.8 Å². The summed E-state index contributed by atoms with van der Waals surface area (Å²) in [5.41, 5.74) is 2.98. The molecule has 0 spiro atoms. The first-order valence-corrected chi connectivity index (χ1v) is 13.7. The van der Waals surface area contributed by atoms with Gasteiger partial charge in [0.1, 0.15) is 17.3 Å². The minimum atomic E-state index is -3.80. The van der Waals surface area contributed by atoms with Gasteiger partial charge in [0, 0.05) is 30.2 Å². The van der Waals surface area contributed by atoms with Crippen molar-refractivity contribution in [3.8, 4) is 5.75 Å². The Hall–Kier alpha value is -3.15. The predicted molar refractivity (Wildman–Crippen MR) is 135 cm³/mol. The van der Waals surface area contributed by atoms with E-state index in [1.807, 2.05) is 31.2 Å². The van der Waals surface area contributed by atoms with E-state index in [1.165, 1.54) is 4.31 Å². The molecule has 1 atom stereocenters. The van der Waals surface area contributed by atoms with Gasteiger partial charge < -0.3 is 19.7 Å². The van der Waals surface area contributed by atoms with Crippen molar-refractivity contribution < 1.29 is 22.7 Å². The molecular weight excluding hydrogens is 482 g/mol. The van der Waals surface area contributed by atoms with Crippen LogP contribution in [0.3, 0.4) is 0 Å². The van der Waals surface area contributed by atoms with Gasteiger partial charge in [0.2, 0.25) is 15.9 Å². The van der Waals surface area contributed by atoms with E-state index in [0.717, 1.165) is 28.9 Å². The molecular formula is C25H29N5O5S. The Balaban J connectivity index is 1.18. The van der Waals surface area contributed by atoms with Gasteiger partial charge in [-0.25, -0.2) is 8.42 Å². The van der Waals surface area contributed by atoms with Crippen molar-refractivity contribution >= 4 is 38.2 Å². The van der Waals surface area contributed by atoms with E-state index in [-0.39, 0.29) is 17.3 Å². The lowest BCUT2D eigenvalue weighted by Gasteiger charge is -2.41. The highest BCUT2D eigenvalue weighted by Gasteiger charge is 2.35. The van der Waals surface area contributed by atoms with E-state index >= 15 is 0 Å². The summed E-state index contributed by atoms with van der Waals surface area (Å²) in [6, 6.07) is 9.60. The van der Waals surface area contributed by atoms with Crippen molar-refractivity contribution in [3.05, 3.63) is 42.1 Å². The normalized spacial score (nSPS) is 21.0. The SMILES string of the molecule is Cc1cc(S(=O)(=O)N2CCC[C@@H](C(=O)Nc3ccc4c(c3)OCCN4C3COC3)C2)c2[nH]ncc2c1. The van der Waals surface area contributed by atoms with E-state index in [0.29, 0.717) is 56.5 Å². The number of fused-ring (bicyclic) bond motifs is 2. The van der Waals surface area contributed by atoms with Gasteiger partial charge in [-0.05, 0) is 49.6 Å². The molecule has 6 rings (SSSR count). The van der Waals surface area contributed by atoms with Gasteiger partial charge in [-0.1, -0.05) is 0 Å². The second-order valence-corrected chi connectivity index (χ2v) is 11.6. The van der Waals surface area contributed by atoms with Crippen LogP contribution in [0.4, 0.5) is 11.4 Å². The Labute approximate surface area is 209 Å². The number of carbonyl (C=O) groups excluding carboxylic acids is 1. The number of nitrogens with one attached hydrogen (secondary N) is 2. The third-order valence-corrected chi connectivity index (χ3v) is 9.11. The molecule has 3 aliphatic rings. The summed E-state index contributed by atoms with van der Waals surface area (Å²) in [6.45, 7) is 5.20. The van der Waals surface area contributed by atoms with E-state index in [4.69, 9.17) is 9.47 Å². The lowest BCUT2D eigenvalue weighted by molar-refractivity contribution is -0.120. The molecule has 4 heterocycles. The quantitative estimate of drug-likeness (QED) is 0.541. The number of anilines is 2. The van der Waals surface area contributed by atoms with Crippen LogP contribution in [-0.2, 0) is 19.6 Å². The van der Waals surface area contributed by atoms with Crippen LogP contribution >= 0.6 is 0 Å². The average Bonchev–Trinajstić information content (AvgIpc) is 3.31. The standard InChI is InChI=1S/C25H29N5O5S/c1-16-9-18-12-26-28-24(18)23(10-16)36(32,33)29-6-2-3-17(13-29)25(31)27-19-4-5-21-22(11-19)35-8-7-30(21)20-14-34-15-20/h4-5,9-12,17,20H,2-3,6-8,13-15H2,1H3,(H,26,28)(H,27,31)/t17-/m1/s1. The zero-order valence-corrected chi connectivity index (χ0v) is 20.9. The maximum absolute atomic E-state index is 13.6. The van der Waals surface area contributed by atoms with E-state index in [2.05, 4.69) is 20.4 Å². The second kappa shape index (κ2) is 9.06. The molecule has 0 bridgehead atoms. The third kappa shape index (κ3) is 4.10. The number of amides is 1. The minimum absolute atomic E-state index is 0.134. The van der Waals surface area contributed by atoms with Crippen LogP contribution < -0.4 is 15.0 Å². The first kappa shape index (κ1) is 23.3. The highest BCUT2D eigenvalue weighted by Crippen LogP contribution is 2.37. The zero-order valence-electron chi connectivity index (χ0n) is 20.1. The Kier molecular flexibility index (Phi) is 5.85. The van der Waals surface area contributed by atoms with Crippen LogP contribution in [0.5, 0.6) is 5.75 Å². The van der Waals surface area contributed by atoms with Gasteiger partial charge in [-0.3, -0.25) is 9.89 Å². The summed E-state index contributed by atoms with van der Waals surface area (Å²) in [6.07, 6.45) is 2.86. The number of ether oxygens (including phenoxy) is 2. The van der Waals surface area contributed by atoms with Gasteiger partial charge in [0.05, 0.1) is 49.1 Å². The summed E-state index contributed by atoms with van der Waals surface area (Å²) < 4.78 is 39.8. The summed E-state index contributed by atoms with van der Waals surface area (Å²) in [5, 5.41) is 10.6. The molecule has 1 aromatic heterocycles. The molecule has 36 heavy (non-hydrogen) atoms. The molecule has 0 saturated carbocycles. The van der Waals surface area contributed by atoms with E-state index < -0.39 is 15.9 Å².